The van der Waals surface area contributed by atoms with Crippen LogP contribution in [0, 0.1) is 0 Å². The SMILES string of the molecule is Nc1cc(N[C@H]2CCCC[C@H]2O)c2ccc(-c3ccn[nH]3)cc2n1. The molecule has 1 saturated carbocycles. The summed E-state index contributed by atoms with van der Waals surface area (Å²) in [5.41, 5.74) is 9.72. The molecule has 1 aromatic carbocycles. The van der Waals surface area contributed by atoms with Crippen LogP contribution in [0.5, 0.6) is 0 Å². The molecular weight excluding hydrogens is 302 g/mol. The number of aliphatic hydroxyl groups is 1. The molecule has 6 heteroatoms. The second-order valence-electron chi connectivity index (χ2n) is 6.40. The Morgan fingerprint density at radius 1 is 1.17 bits per heavy atom. The fraction of sp³-hybridized carbons (Fsp3) is 0.333. The standard InChI is InChI=1S/C18H21N5O/c19-18-10-16(21-14-3-1-2-4-17(14)24)12-6-5-11(9-15(12)22-18)13-7-8-20-23-13/h5-10,14,17,24H,1-4H2,(H,20,23)(H3,19,21,22)/t14-,17+/m0/s1. The Kier molecular flexibility index (Phi) is 3.82. The third kappa shape index (κ3) is 2.80. The molecule has 1 aliphatic rings. The molecule has 0 radical (unpaired) electrons. The number of benzene rings is 1. The molecule has 0 bridgehead atoms. The minimum absolute atomic E-state index is 0.0658. The first-order valence-electron chi connectivity index (χ1n) is 8.35. The largest absolute Gasteiger partial charge is 0.391 e. The number of H-pyrrole nitrogens is 1. The maximum atomic E-state index is 10.2. The maximum Gasteiger partial charge on any atom is 0.126 e. The first-order chi connectivity index (χ1) is 11.7. The summed E-state index contributed by atoms with van der Waals surface area (Å²) >= 11 is 0. The van der Waals surface area contributed by atoms with Crippen LogP contribution in [-0.4, -0.2) is 32.4 Å². The number of hydrogen-bond acceptors (Lipinski definition) is 5. The van der Waals surface area contributed by atoms with E-state index in [1.54, 1.807) is 6.20 Å². The first kappa shape index (κ1) is 15.0. The van der Waals surface area contributed by atoms with Crippen molar-refractivity contribution < 1.29 is 5.11 Å². The van der Waals surface area contributed by atoms with Crippen LogP contribution in [0.15, 0.2) is 36.5 Å². The van der Waals surface area contributed by atoms with Crippen molar-refractivity contribution in [2.24, 2.45) is 0 Å². The van der Waals surface area contributed by atoms with E-state index < -0.39 is 0 Å². The second kappa shape index (κ2) is 6.13. The zero-order valence-electron chi connectivity index (χ0n) is 13.4. The lowest BCUT2D eigenvalue weighted by Crippen LogP contribution is -2.36. The van der Waals surface area contributed by atoms with Crippen LogP contribution in [0.4, 0.5) is 11.5 Å². The highest BCUT2D eigenvalue weighted by Gasteiger charge is 2.23. The van der Waals surface area contributed by atoms with E-state index >= 15 is 0 Å². The van der Waals surface area contributed by atoms with Crippen molar-refractivity contribution in [2.75, 3.05) is 11.1 Å². The number of nitrogens with one attached hydrogen (secondary N) is 2. The summed E-state index contributed by atoms with van der Waals surface area (Å²) < 4.78 is 0. The van der Waals surface area contributed by atoms with Gasteiger partial charge in [0.05, 0.1) is 23.4 Å². The van der Waals surface area contributed by atoms with Gasteiger partial charge in [0.15, 0.2) is 0 Å². The number of fused-ring (bicyclic) bond motifs is 1. The summed E-state index contributed by atoms with van der Waals surface area (Å²) in [4.78, 5) is 4.46. The topological polar surface area (TPSA) is 99.9 Å². The second-order valence-corrected chi connectivity index (χ2v) is 6.40. The number of aromatic amines is 1. The van der Waals surface area contributed by atoms with E-state index in [9.17, 15) is 5.11 Å². The number of nitrogen functional groups attached to an aromatic ring is 1. The number of nitrogens with zero attached hydrogens (tertiary/aromatic N) is 2. The average molecular weight is 323 g/mol. The summed E-state index contributed by atoms with van der Waals surface area (Å²) in [6.07, 6.45) is 5.46. The molecule has 24 heavy (non-hydrogen) atoms. The summed E-state index contributed by atoms with van der Waals surface area (Å²) in [6, 6.07) is 9.91. The van der Waals surface area contributed by atoms with Gasteiger partial charge in [-0.3, -0.25) is 5.10 Å². The Bertz CT molecular complexity index is 846. The Balaban J connectivity index is 1.72. The van der Waals surface area contributed by atoms with Gasteiger partial charge in [0, 0.05) is 28.9 Å². The summed E-state index contributed by atoms with van der Waals surface area (Å²) in [6.45, 7) is 0. The number of rotatable bonds is 3. The van der Waals surface area contributed by atoms with Gasteiger partial charge >= 0.3 is 0 Å². The minimum Gasteiger partial charge on any atom is -0.391 e. The van der Waals surface area contributed by atoms with Crippen LogP contribution < -0.4 is 11.1 Å². The number of pyridine rings is 1. The monoisotopic (exact) mass is 323 g/mol. The van der Waals surface area contributed by atoms with Crippen LogP contribution in [0.3, 0.4) is 0 Å². The van der Waals surface area contributed by atoms with Gasteiger partial charge in [-0.15, -0.1) is 0 Å². The molecule has 3 aromatic rings. The Morgan fingerprint density at radius 3 is 2.83 bits per heavy atom. The Hall–Kier alpha value is -2.60. The number of aliphatic hydroxyl groups excluding tert-OH is 1. The van der Waals surface area contributed by atoms with Gasteiger partial charge in [-0.2, -0.15) is 5.10 Å². The lowest BCUT2D eigenvalue weighted by molar-refractivity contribution is 0.116. The van der Waals surface area contributed by atoms with Gasteiger partial charge in [-0.1, -0.05) is 25.0 Å². The van der Waals surface area contributed by atoms with E-state index in [0.717, 1.165) is 53.5 Å². The van der Waals surface area contributed by atoms with E-state index in [0.29, 0.717) is 5.82 Å². The molecule has 0 spiro atoms. The molecule has 4 rings (SSSR count). The van der Waals surface area contributed by atoms with Crippen LogP contribution in [0.25, 0.3) is 22.2 Å². The molecule has 5 N–H and O–H groups in total. The summed E-state index contributed by atoms with van der Waals surface area (Å²) in [5.74, 6) is 0.469. The third-order valence-corrected chi connectivity index (χ3v) is 4.71. The number of aromatic nitrogens is 3. The smallest absolute Gasteiger partial charge is 0.126 e. The van der Waals surface area contributed by atoms with Crippen LogP contribution in [-0.2, 0) is 0 Å². The highest BCUT2D eigenvalue weighted by atomic mass is 16.3. The van der Waals surface area contributed by atoms with Crippen molar-refractivity contribution in [1.29, 1.82) is 0 Å². The van der Waals surface area contributed by atoms with E-state index in [1.807, 2.05) is 30.3 Å². The predicted molar refractivity (Wildman–Crippen MR) is 95.6 cm³/mol. The van der Waals surface area contributed by atoms with Crippen molar-refractivity contribution >= 4 is 22.4 Å². The molecule has 6 nitrogen and oxygen atoms in total. The molecule has 2 atom stereocenters. The molecule has 124 valence electrons. The van der Waals surface area contributed by atoms with E-state index in [2.05, 4.69) is 20.5 Å². The van der Waals surface area contributed by atoms with Crippen LogP contribution >= 0.6 is 0 Å². The lowest BCUT2D eigenvalue weighted by Gasteiger charge is -2.29. The van der Waals surface area contributed by atoms with Crippen molar-refractivity contribution in [2.45, 2.75) is 37.8 Å². The normalized spacial score (nSPS) is 21.0. The molecule has 0 saturated heterocycles. The van der Waals surface area contributed by atoms with Gasteiger partial charge in [-0.25, -0.2) is 4.98 Å². The summed E-state index contributed by atoms with van der Waals surface area (Å²) in [5, 5.41) is 21.7. The molecule has 1 aliphatic carbocycles. The Labute approximate surface area is 140 Å². The van der Waals surface area contributed by atoms with E-state index in [4.69, 9.17) is 5.73 Å². The lowest BCUT2D eigenvalue weighted by atomic mass is 9.92. The maximum absolute atomic E-state index is 10.2. The van der Waals surface area contributed by atoms with Crippen LogP contribution in [0.1, 0.15) is 25.7 Å². The molecule has 0 unspecified atom stereocenters. The fourth-order valence-corrected chi connectivity index (χ4v) is 3.43. The zero-order valence-corrected chi connectivity index (χ0v) is 13.4. The number of nitrogens with two attached hydrogens (primary N) is 1. The Morgan fingerprint density at radius 2 is 2.04 bits per heavy atom. The van der Waals surface area contributed by atoms with Gasteiger partial charge < -0.3 is 16.2 Å². The van der Waals surface area contributed by atoms with Gasteiger partial charge in [0.1, 0.15) is 5.82 Å². The van der Waals surface area contributed by atoms with E-state index in [1.165, 1.54) is 0 Å². The molecule has 2 aromatic heterocycles. The number of anilines is 2. The highest BCUT2D eigenvalue weighted by Crippen LogP contribution is 2.30. The van der Waals surface area contributed by atoms with Crippen molar-refractivity contribution in [3.05, 3.63) is 36.5 Å². The first-order valence-corrected chi connectivity index (χ1v) is 8.35. The van der Waals surface area contributed by atoms with E-state index in [-0.39, 0.29) is 12.1 Å². The molecule has 1 fully saturated rings. The third-order valence-electron chi connectivity index (χ3n) is 4.71. The molecule has 0 aliphatic heterocycles. The van der Waals surface area contributed by atoms with Crippen molar-refractivity contribution in [3.8, 4) is 11.3 Å². The van der Waals surface area contributed by atoms with Gasteiger partial charge in [0.2, 0.25) is 0 Å². The molecule has 2 heterocycles. The van der Waals surface area contributed by atoms with Gasteiger partial charge in [0.25, 0.3) is 0 Å². The fourth-order valence-electron chi connectivity index (χ4n) is 3.43. The van der Waals surface area contributed by atoms with Crippen LogP contribution in [0.2, 0.25) is 0 Å². The highest BCUT2D eigenvalue weighted by molar-refractivity contribution is 5.95. The zero-order chi connectivity index (χ0) is 16.5. The van der Waals surface area contributed by atoms with Crippen molar-refractivity contribution in [3.63, 3.8) is 0 Å². The quantitative estimate of drug-likeness (QED) is 0.594. The molecule has 0 amide bonds. The minimum atomic E-state index is -0.313. The summed E-state index contributed by atoms with van der Waals surface area (Å²) in [7, 11) is 0. The van der Waals surface area contributed by atoms with Crippen molar-refractivity contribution in [1.82, 2.24) is 15.2 Å². The predicted octanol–water partition coefficient (Wildman–Crippen LogP) is 2.92. The number of hydrogen-bond donors (Lipinski definition) is 4. The average Bonchev–Trinajstić information content (AvgIpc) is 3.11. The molecular formula is C18H21N5O. The van der Waals surface area contributed by atoms with Gasteiger partial charge in [-0.05, 0) is 25.0 Å².